The van der Waals surface area contributed by atoms with E-state index in [0.717, 1.165) is 11.2 Å². The first-order valence-electron chi connectivity index (χ1n) is 8.61. The molecule has 0 saturated carbocycles. The number of fused-ring (bicyclic) bond motifs is 1. The third-order valence-corrected chi connectivity index (χ3v) is 4.71. The van der Waals surface area contributed by atoms with Crippen molar-refractivity contribution in [3.05, 3.63) is 70.5 Å². The molecule has 3 aromatic rings. The van der Waals surface area contributed by atoms with Gasteiger partial charge in [0.05, 0.1) is 16.0 Å². The van der Waals surface area contributed by atoms with Gasteiger partial charge in [-0.2, -0.15) is 0 Å². The minimum Gasteiger partial charge on any atom is -0.368 e. The largest absolute Gasteiger partial charge is 0.368 e. The van der Waals surface area contributed by atoms with Crippen molar-refractivity contribution < 1.29 is 9.72 Å². The summed E-state index contributed by atoms with van der Waals surface area (Å²) >= 11 is 0. The molecule has 2 aromatic carbocycles. The van der Waals surface area contributed by atoms with Crippen molar-refractivity contribution >= 4 is 28.3 Å². The van der Waals surface area contributed by atoms with Crippen LogP contribution in [0.25, 0.3) is 11.0 Å². The number of benzene rings is 2. The molecule has 0 aliphatic carbocycles. The van der Waals surface area contributed by atoms with E-state index in [-0.39, 0.29) is 11.6 Å². The van der Waals surface area contributed by atoms with Crippen molar-refractivity contribution in [2.75, 3.05) is 31.1 Å². The number of amides is 1. The van der Waals surface area contributed by atoms with Gasteiger partial charge >= 0.3 is 0 Å². The third-order valence-electron chi connectivity index (χ3n) is 4.71. The minimum absolute atomic E-state index is 0.0223. The number of nitrogens with zero attached hydrogens (tertiary/aromatic N) is 5. The van der Waals surface area contributed by atoms with E-state index in [1.165, 1.54) is 12.1 Å². The first-order valence-corrected chi connectivity index (χ1v) is 8.61. The van der Waals surface area contributed by atoms with Gasteiger partial charge in [0.25, 0.3) is 11.6 Å². The number of nitro benzene ring substituents is 1. The molecule has 0 N–H and O–H groups in total. The summed E-state index contributed by atoms with van der Waals surface area (Å²) in [4.78, 5) is 35.6. The van der Waals surface area contributed by atoms with Crippen LogP contribution in [0.2, 0.25) is 0 Å². The molecule has 1 aromatic heterocycles. The van der Waals surface area contributed by atoms with Crippen LogP contribution in [0.5, 0.6) is 0 Å². The van der Waals surface area contributed by atoms with Crippen LogP contribution in [0.1, 0.15) is 10.4 Å². The Morgan fingerprint density at radius 3 is 2.26 bits per heavy atom. The molecule has 0 unspecified atom stereocenters. The molecule has 0 bridgehead atoms. The van der Waals surface area contributed by atoms with Crippen LogP contribution in [0.3, 0.4) is 0 Å². The average molecular weight is 363 g/mol. The Morgan fingerprint density at radius 1 is 0.926 bits per heavy atom. The van der Waals surface area contributed by atoms with E-state index in [9.17, 15) is 14.9 Å². The predicted molar refractivity (Wildman–Crippen MR) is 101 cm³/mol. The monoisotopic (exact) mass is 363 g/mol. The third kappa shape index (κ3) is 3.41. The zero-order valence-corrected chi connectivity index (χ0v) is 14.5. The number of nitro groups is 1. The molecule has 0 radical (unpaired) electrons. The molecule has 8 nitrogen and oxygen atoms in total. The lowest BCUT2D eigenvalue weighted by atomic mass is 10.1. The lowest BCUT2D eigenvalue weighted by Crippen LogP contribution is -2.48. The number of piperazine rings is 1. The second-order valence-electron chi connectivity index (χ2n) is 6.31. The van der Waals surface area contributed by atoms with E-state index < -0.39 is 4.92 Å². The van der Waals surface area contributed by atoms with Gasteiger partial charge in [0, 0.05) is 62.0 Å². The normalized spacial score (nSPS) is 14.4. The summed E-state index contributed by atoms with van der Waals surface area (Å²) in [6.07, 6.45) is 3.24. The second-order valence-corrected chi connectivity index (χ2v) is 6.31. The first-order chi connectivity index (χ1) is 13.1. The fourth-order valence-corrected chi connectivity index (χ4v) is 3.23. The van der Waals surface area contributed by atoms with Gasteiger partial charge in [-0.1, -0.05) is 0 Å². The summed E-state index contributed by atoms with van der Waals surface area (Å²) in [6, 6.07) is 11.9. The molecule has 1 aliphatic heterocycles. The van der Waals surface area contributed by atoms with Crippen molar-refractivity contribution in [2.24, 2.45) is 0 Å². The Bertz CT molecular complexity index is 998. The highest BCUT2D eigenvalue weighted by Gasteiger charge is 2.23. The lowest BCUT2D eigenvalue weighted by Gasteiger charge is -2.36. The number of hydrogen-bond donors (Lipinski definition) is 0. The lowest BCUT2D eigenvalue weighted by molar-refractivity contribution is -0.384. The van der Waals surface area contributed by atoms with Gasteiger partial charge < -0.3 is 9.80 Å². The molecule has 0 spiro atoms. The van der Waals surface area contributed by atoms with Crippen LogP contribution < -0.4 is 4.90 Å². The Kier molecular flexibility index (Phi) is 4.37. The summed E-state index contributed by atoms with van der Waals surface area (Å²) in [5, 5.41) is 10.8. The van der Waals surface area contributed by atoms with Gasteiger partial charge in [0.1, 0.15) is 0 Å². The van der Waals surface area contributed by atoms with Crippen molar-refractivity contribution in [2.45, 2.75) is 0 Å². The molecule has 8 heteroatoms. The maximum Gasteiger partial charge on any atom is 0.269 e. The van der Waals surface area contributed by atoms with Crippen molar-refractivity contribution in [3.63, 3.8) is 0 Å². The van der Waals surface area contributed by atoms with Crippen molar-refractivity contribution in [1.82, 2.24) is 14.9 Å². The zero-order chi connectivity index (χ0) is 18.8. The Morgan fingerprint density at radius 2 is 1.59 bits per heavy atom. The molecule has 27 heavy (non-hydrogen) atoms. The van der Waals surface area contributed by atoms with Crippen LogP contribution in [-0.4, -0.2) is 51.9 Å². The Hall–Kier alpha value is -3.55. The van der Waals surface area contributed by atoms with E-state index in [1.807, 2.05) is 11.0 Å². The molecule has 136 valence electrons. The molecule has 0 atom stereocenters. The summed E-state index contributed by atoms with van der Waals surface area (Å²) in [6.45, 7) is 2.54. The fraction of sp³-hybridized carbons (Fsp3) is 0.211. The van der Waals surface area contributed by atoms with Gasteiger partial charge in [-0.3, -0.25) is 24.9 Å². The molecule has 1 saturated heterocycles. The molecular formula is C19H17N5O3. The fourth-order valence-electron chi connectivity index (χ4n) is 3.23. The van der Waals surface area contributed by atoms with E-state index in [0.29, 0.717) is 37.3 Å². The van der Waals surface area contributed by atoms with E-state index in [2.05, 4.69) is 14.9 Å². The van der Waals surface area contributed by atoms with E-state index >= 15 is 0 Å². The standard InChI is InChI=1S/C19H17N5O3/c25-19(14-1-6-17-18(13-14)21-8-7-20-17)23-11-9-22(10-12-23)15-2-4-16(5-3-15)24(26)27/h1-8,13H,9-12H2. The average Bonchev–Trinajstić information content (AvgIpc) is 2.73. The van der Waals surface area contributed by atoms with Gasteiger partial charge in [-0.25, -0.2) is 0 Å². The van der Waals surface area contributed by atoms with E-state index in [1.54, 1.807) is 36.7 Å². The minimum atomic E-state index is -0.408. The molecule has 1 aliphatic rings. The summed E-state index contributed by atoms with van der Waals surface area (Å²) in [5.41, 5.74) is 3.07. The van der Waals surface area contributed by atoms with Crippen LogP contribution in [0.15, 0.2) is 54.9 Å². The van der Waals surface area contributed by atoms with E-state index in [4.69, 9.17) is 0 Å². The number of rotatable bonds is 3. The van der Waals surface area contributed by atoms with Crippen LogP contribution in [0, 0.1) is 10.1 Å². The number of non-ortho nitro benzene ring substituents is 1. The van der Waals surface area contributed by atoms with Crippen LogP contribution >= 0.6 is 0 Å². The highest BCUT2D eigenvalue weighted by Crippen LogP contribution is 2.21. The second kappa shape index (κ2) is 6.99. The maximum atomic E-state index is 12.8. The quantitative estimate of drug-likeness (QED) is 0.524. The van der Waals surface area contributed by atoms with Gasteiger partial charge in [-0.05, 0) is 30.3 Å². The maximum absolute atomic E-state index is 12.8. The summed E-state index contributed by atoms with van der Waals surface area (Å²) in [5.74, 6) is -0.0223. The first kappa shape index (κ1) is 16.9. The molecule has 2 heterocycles. The number of aromatic nitrogens is 2. The molecular weight excluding hydrogens is 346 g/mol. The highest BCUT2D eigenvalue weighted by atomic mass is 16.6. The number of carbonyl (C=O) groups excluding carboxylic acids is 1. The smallest absolute Gasteiger partial charge is 0.269 e. The SMILES string of the molecule is O=C(c1ccc2nccnc2c1)N1CCN(c2ccc([N+](=O)[O-])cc2)CC1. The topological polar surface area (TPSA) is 92.5 Å². The highest BCUT2D eigenvalue weighted by molar-refractivity contribution is 5.97. The van der Waals surface area contributed by atoms with Crippen LogP contribution in [-0.2, 0) is 0 Å². The van der Waals surface area contributed by atoms with Gasteiger partial charge in [0.15, 0.2) is 0 Å². The van der Waals surface area contributed by atoms with Crippen molar-refractivity contribution in [1.29, 1.82) is 0 Å². The predicted octanol–water partition coefficient (Wildman–Crippen LogP) is 2.50. The van der Waals surface area contributed by atoms with Crippen molar-refractivity contribution in [3.8, 4) is 0 Å². The summed E-state index contributed by atoms with van der Waals surface area (Å²) < 4.78 is 0. The Balaban J connectivity index is 1.43. The number of carbonyl (C=O) groups is 1. The number of hydrogen-bond acceptors (Lipinski definition) is 6. The van der Waals surface area contributed by atoms with Gasteiger partial charge in [-0.15, -0.1) is 0 Å². The Labute approximate surface area is 155 Å². The summed E-state index contributed by atoms with van der Waals surface area (Å²) in [7, 11) is 0. The molecule has 1 amide bonds. The molecule has 1 fully saturated rings. The zero-order valence-electron chi connectivity index (χ0n) is 14.5. The number of anilines is 1. The van der Waals surface area contributed by atoms with Crippen LogP contribution in [0.4, 0.5) is 11.4 Å². The van der Waals surface area contributed by atoms with Gasteiger partial charge in [0.2, 0.25) is 0 Å². The molecule has 4 rings (SSSR count).